The Hall–Kier alpha value is -4.01. The molecule has 8 nitrogen and oxygen atoms in total. The second-order valence-electron chi connectivity index (χ2n) is 9.95. The first-order valence-corrected chi connectivity index (χ1v) is 12.5. The van der Waals surface area contributed by atoms with E-state index in [1.54, 1.807) is 17.6 Å². The number of esters is 1. The van der Waals surface area contributed by atoms with Crippen LogP contribution in [0, 0.1) is 0 Å². The van der Waals surface area contributed by atoms with Gasteiger partial charge in [-0.05, 0) is 36.2 Å². The lowest BCUT2D eigenvalue weighted by Gasteiger charge is -2.31. The number of aromatic nitrogens is 2. The molecule has 8 heteroatoms. The van der Waals surface area contributed by atoms with Crippen molar-refractivity contribution >= 4 is 16.9 Å². The van der Waals surface area contributed by atoms with E-state index in [0.717, 1.165) is 40.9 Å². The summed E-state index contributed by atoms with van der Waals surface area (Å²) in [6.45, 7) is 3.96. The number of rotatable bonds is 3. The van der Waals surface area contributed by atoms with Gasteiger partial charge in [-0.3, -0.25) is 9.69 Å². The lowest BCUT2D eigenvalue weighted by molar-refractivity contribution is -0.172. The summed E-state index contributed by atoms with van der Waals surface area (Å²) in [5, 5.41) is 12.1. The molecule has 0 spiro atoms. The van der Waals surface area contributed by atoms with Gasteiger partial charge >= 0.3 is 5.97 Å². The Labute approximate surface area is 212 Å². The molecule has 0 radical (unpaired) electrons. The summed E-state index contributed by atoms with van der Waals surface area (Å²) >= 11 is 0. The number of carbonyl (C=O) groups is 1. The van der Waals surface area contributed by atoms with Crippen molar-refractivity contribution in [1.29, 1.82) is 0 Å². The molecule has 186 valence electrons. The van der Waals surface area contributed by atoms with E-state index in [1.165, 1.54) is 5.56 Å². The number of benzene rings is 2. The van der Waals surface area contributed by atoms with E-state index in [4.69, 9.17) is 14.5 Å². The fourth-order valence-electron chi connectivity index (χ4n) is 5.76. The van der Waals surface area contributed by atoms with Crippen LogP contribution in [0.4, 0.5) is 0 Å². The summed E-state index contributed by atoms with van der Waals surface area (Å²) in [6, 6.07) is 18.1. The first-order valence-electron chi connectivity index (χ1n) is 12.5. The van der Waals surface area contributed by atoms with Crippen LogP contribution < -0.4 is 10.3 Å². The minimum atomic E-state index is -1.83. The normalized spacial score (nSPS) is 20.0. The van der Waals surface area contributed by atoms with E-state index in [-0.39, 0.29) is 18.6 Å². The van der Waals surface area contributed by atoms with Crippen LogP contribution in [0.2, 0.25) is 0 Å². The smallest absolute Gasteiger partial charge is 0.343 e. The number of cyclic esters (lactones) is 1. The molecule has 0 fully saturated rings. The van der Waals surface area contributed by atoms with Crippen molar-refractivity contribution in [3.8, 4) is 17.1 Å². The Morgan fingerprint density at radius 3 is 2.68 bits per heavy atom. The Bertz CT molecular complexity index is 1660. The van der Waals surface area contributed by atoms with Gasteiger partial charge in [-0.15, -0.1) is 0 Å². The molecule has 5 heterocycles. The first kappa shape index (κ1) is 22.2. The fourth-order valence-corrected chi connectivity index (χ4v) is 5.76. The van der Waals surface area contributed by atoms with Gasteiger partial charge in [-0.25, -0.2) is 9.78 Å². The predicted octanol–water partition coefficient (Wildman–Crippen LogP) is 3.43. The van der Waals surface area contributed by atoms with Gasteiger partial charge in [-0.2, -0.15) is 0 Å². The molecule has 0 bridgehead atoms. The van der Waals surface area contributed by atoms with Gasteiger partial charge in [0.1, 0.15) is 19.1 Å². The van der Waals surface area contributed by atoms with E-state index in [0.29, 0.717) is 35.8 Å². The van der Waals surface area contributed by atoms with Crippen LogP contribution in [0.15, 0.2) is 59.4 Å². The molecule has 1 atom stereocenters. The van der Waals surface area contributed by atoms with Crippen molar-refractivity contribution < 1.29 is 19.4 Å². The Morgan fingerprint density at radius 2 is 1.86 bits per heavy atom. The highest BCUT2D eigenvalue weighted by Gasteiger charge is 2.45. The number of hydrogen-bond acceptors (Lipinski definition) is 7. The van der Waals surface area contributed by atoms with Crippen molar-refractivity contribution in [2.75, 3.05) is 6.73 Å². The summed E-state index contributed by atoms with van der Waals surface area (Å²) in [5.74, 6) is 0.133. The Balaban J connectivity index is 1.32. The summed E-state index contributed by atoms with van der Waals surface area (Å²) in [6.07, 6.45) is 0.116. The highest BCUT2D eigenvalue weighted by Crippen LogP contribution is 2.40. The number of nitrogens with zero attached hydrogens (tertiary/aromatic N) is 3. The van der Waals surface area contributed by atoms with Crippen LogP contribution in [0.5, 0.6) is 5.75 Å². The van der Waals surface area contributed by atoms with Crippen LogP contribution in [0.25, 0.3) is 22.3 Å². The molecule has 0 saturated heterocycles. The third kappa shape index (κ3) is 3.26. The number of pyridine rings is 2. The van der Waals surface area contributed by atoms with Crippen LogP contribution in [0.1, 0.15) is 41.2 Å². The molecule has 2 aromatic heterocycles. The van der Waals surface area contributed by atoms with E-state index in [2.05, 4.69) is 23.1 Å². The Kier molecular flexibility index (Phi) is 4.80. The SMILES string of the molecule is CC[C@@]1(O)C(=O)OCc2c1cc1n(c2=O)Cc2cc3c4c(ccc3nc2-1)OCN(Cc1ccccc1)C4. The monoisotopic (exact) mass is 495 g/mol. The zero-order valence-electron chi connectivity index (χ0n) is 20.4. The van der Waals surface area contributed by atoms with Crippen molar-refractivity contribution in [1.82, 2.24) is 14.5 Å². The lowest BCUT2D eigenvalue weighted by Crippen LogP contribution is -2.44. The average molecular weight is 496 g/mol. The van der Waals surface area contributed by atoms with Gasteiger partial charge < -0.3 is 19.1 Å². The van der Waals surface area contributed by atoms with Crippen LogP contribution in [-0.2, 0) is 41.4 Å². The van der Waals surface area contributed by atoms with Crippen LogP contribution in [0.3, 0.4) is 0 Å². The maximum Gasteiger partial charge on any atom is 0.343 e. The Morgan fingerprint density at radius 1 is 1.03 bits per heavy atom. The average Bonchev–Trinajstić information content (AvgIpc) is 3.28. The van der Waals surface area contributed by atoms with E-state index >= 15 is 0 Å². The number of hydrogen-bond donors (Lipinski definition) is 1. The summed E-state index contributed by atoms with van der Waals surface area (Å²) in [4.78, 5) is 33.1. The summed E-state index contributed by atoms with van der Waals surface area (Å²) < 4.78 is 12.9. The van der Waals surface area contributed by atoms with E-state index in [9.17, 15) is 14.7 Å². The predicted molar refractivity (Wildman–Crippen MR) is 136 cm³/mol. The standard InChI is InChI=1S/C29H25N3O5/c1-2-29(35)22-11-24-26-18(13-32(24)27(33)21(22)15-36-28(29)34)10-19-20-14-31(12-17-6-4-3-5-7-17)16-37-25(20)9-8-23(19)30-26/h3-11,35H,2,12-16H2,1H3/t29-/m0/s1. The second kappa shape index (κ2) is 7.99. The van der Waals surface area contributed by atoms with Gasteiger partial charge in [0.15, 0.2) is 5.60 Å². The maximum absolute atomic E-state index is 13.4. The van der Waals surface area contributed by atoms with Crippen LogP contribution in [-0.4, -0.2) is 32.3 Å². The van der Waals surface area contributed by atoms with Crippen molar-refractivity contribution in [2.24, 2.45) is 0 Å². The third-order valence-corrected chi connectivity index (χ3v) is 7.79. The van der Waals surface area contributed by atoms with Crippen molar-refractivity contribution in [2.45, 2.75) is 45.2 Å². The van der Waals surface area contributed by atoms with Gasteiger partial charge in [0, 0.05) is 35.2 Å². The number of fused-ring (bicyclic) bond motifs is 7. The number of carbonyl (C=O) groups excluding carboxylic acids is 1. The van der Waals surface area contributed by atoms with Gasteiger partial charge in [-0.1, -0.05) is 37.3 Å². The quantitative estimate of drug-likeness (QED) is 0.383. The highest BCUT2D eigenvalue weighted by atomic mass is 16.6. The van der Waals surface area contributed by atoms with E-state index < -0.39 is 11.6 Å². The first-order chi connectivity index (χ1) is 18.0. The summed E-state index contributed by atoms with van der Waals surface area (Å²) in [5.41, 5.74) is 3.91. The molecule has 1 N–H and O–H groups in total. The minimum absolute atomic E-state index is 0.116. The lowest BCUT2D eigenvalue weighted by atomic mass is 9.86. The molecule has 0 unspecified atom stereocenters. The van der Waals surface area contributed by atoms with Crippen molar-refractivity contribution in [3.63, 3.8) is 0 Å². The van der Waals surface area contributed by atoms with Gasteiger partial charge in [0.05, 0.1) is 29.0 Å². The van der Waals surface area contributed by atoms with Gasteiger partial charge in [0.25, 0.3) is 5.56 Å². The zero-order chi connectivity index (χ0) is 25.3. The number of ether oxygens (including phenoxy) is 2. The molecular weight excluding hydrogens is 470 g/mol. The number of aliphatic hydroxyl groups is 1. The molecule has 37 heavy (non-hydrogen) atoms. The van der Waals surface area contributed by atoms with Gasteiger partial charge in [0.2, 0.25) is 0 Å². The third-order valence-electron chi connectivity index (χ3n) is 7.79. The fraction of sp³-hybridized carbons (Fsp3) is 0.276. The molecule has 2 aromatic carbocycles. The minimum Gasteiger partial charge on any atom is -0.478 e. The topological polar surface area (TPSA) is 93.9 Å². The molecule has 7 rings (SSSR count). The van der Waals surface area contributed by atoms with Crippen molar-refractivity contribution in [3.05, 3.63) is 92.8 Å². The van der Waals surface area contributed by atoms with Crippen LogP contribution >= 0.6 is 0 Å². The van der Waals surface area contributed by atoms with E-state index in [1.807, 2.05) is 30.3 Å². The molecule has 4 aromatic rings. The zero-order valence-corrected chi connectivity index (χ0v) is 20.4. The molecule has 0 amide bonds. The maximum atomic E-state index is 13.4. The summed E-state index contributed by atoms with van der Waals surface area (Å²) in [7, 11) is 0. The molecule has 3 aliphatic heterocycles. The molecule has 3 aliphatic rings. The molecule has 0 aliphatic carbocycles. The molecular formula is C29H25N3O5. The highest BCUT2D eigenvalue weighted by molar-refractivity contribution is 5.89. The largest absolute Gasteiger partial charge is 0.478 e. The second-order valence-corrected chi connectivity index (χ2v) is 9.95. The molecule has 0 saturated carbocycles.